The molecule has 1 aliphatic carbocycles. The highest BCUT2D eigenvalue weighted by molar-refractivity contribution is 9.10. The number of rotatable bonds is 7. The lowest BCUT2D eigenvalue weighted by molar-refractivity contribution is 0.174. The second-order valence-corrected chi connectivity index (χ2v) is 6.29. The Labute approximate surface area is 125 Å². The van der Waals surface area contributed by atoms with Gasteiger partial charge in [0.1, 0.15) is 0 Å². The first-order valence-electron chi connectivity index (χ1n) is 7.65. The van der Waals surface area contributed by atoms with E-state index < -0.39 is 0 Å². The highest BCUT2D eigenvalue weighted by atomic mass is 79.9. The molecule has 19 heavy (non-hydrogen) atoms. The molecular formula is C15H26BrN3. The molecule has 0 N–H and O–H groups in total. The van der Waals surface area contributed by atoms with Crippen LogP contribution in [0.1, 0.15) is 51.4 Å². The minimum absolute atomic E-state index is 0.933. The zero-order chi connectivity index (χ0) is 13.8. The number of aromatic nitrogens is 2. The molecule has 0 atom stereocenters. The van der Waals surface area contributed by atoms with Gasteiger partial charge < -0.3 is 0 Å². The van der Waals surface area contributed by atoms with Crippen LogP contribution in [0.5, 0.6) is 0 Å². The molecule has 1 aliphatic rings. The van der Waals surface area contributed by atoms with Crippen molar-refractivity contribution in [2.45, 2.75) is 59.5 Å². The lowest BCUT2D eigenvalue weighted by Crippen LogP contribution is -2.32. The molecule has 2 rings (SSSR count). The van der Waals surface area contributed by atoms with Crippen molar-refractivity contribution >= 4 is 15.9 Å². The molecule has 0 bridgehead atoms. The summed E-state index contributed by atoms with van der Waals surface area (Å²) in [5.41, 5.74) is 2.54. The van der Waals surface area contributed by atoms with Gasteiger partial charge in [0.2, 0.25) is 0 Å². The number of nitrogens with zero attached hydrogens (tertiary/aromatic N) is 3. The first-order chi connectivity index (χ1) is 9.19. The van der Waals surface area contributed by atoms with E-state index >= 15 is 0 Å². The summed E-state index contributed by atoms with van der Waals surface area (Å²) in [7, 11) is 0. The average Bonchev–Trinajstić information content (AvgIpc) is 2.68. The van der Waals surface area contributed by atoms with Gasteiger partial charge in [0, 0.05) is 19.6 Å². The van der Waals surface area contributed by atoms with Crippen molar-refractivity contribution in [2.75, 3.05) is 13.1 Å². The van der Waals surface area contributed by atoms with E-state index in [0.29, 0.717) is 0 Å². The molecule has 1 aromatic rings. The molecule has 3 nitrogen and oxygen atoms in total. The van der Waals surface area contributed by atoms with E-state index in [1.165, 1.54) is 41.7 Å². The molecule has 0 amide bonds. The number of hydrogen-bond donors (Lipinski definition) is 0. The van der Waals surface area contributed by atoms with Crippen LogP contribution >= 0.6 is 15.9 Å². The predicted molar refractivity (Wildman–Crippen MR) is 83.3 cm³/mol. The fourth-order valence-electron chi connectivity index (χ4n) is 2.73. The molecule has 0 unspecified atom stereocenters. The summed E-state index contributed by atoms with van der Waals surface area (Å²) in [5.74, 6) is 0.933. The molecule has 1 saturated carbocycles. The van der Waals surface area contributed by atoms with Gasteiger partial charge in [-0.05, 0) is 54.6 Å². The maximum Gasteiger partial charge on any atom is 0.0767 e. The zero-order valence-electron chi connectivity index (χ0n) is 12.5. The summed E-state index contributed by atoms with van der Waals surface area (Å²) in [4.78, 5) is 2.57. The summed E-state index contributed by atoms with van der Waals surface area (Å²) < 4.78 is 3.38. The third kappa shape index (κ3) is 3.40. The Morgan fingerprint density at radius 3 is 2.53 bits per heavy atom. The Bertz CT molecular complexity index is 410. The maximum absolute atomic E-state index is 4.69. The predicted octanol–water partition coefficient (Wildman–Crippen LogP) is 3.85. The smallest absolute Gasteiger partial charge is 0.0767 e. The van der Waals surface area contributed by atoms with Gasteiger partial charge in [0.15, 0.2) is 0 Å². The molecule has 0 aromatic carbocycles. The minimum atomic E-state index is 0.933. The van der Waals surface area contributed by atoms with Crippen LogP contribution in [0, 0.1) is 5.92 Å². The van der Waals surface area contributed by atoms with Crippen LogP contribution in [0.4, 0.5) is 0 Å². The second-order valence-electron chi connectivity index (χ2n) is 5.50. The maximum atomic E-state index is 4.69. The van der Waals surface area contributed by atoms with Crippen molar-refractivity contribution in [3.05, 3.63) is 15.9 Å². The van der Waals surface area contributed by atoms with Gasteiger partial charge in [-0.1, -0.05) is 20.3 Å². The SMILES string of the molecule is CCc1nn(CC)c(CN(CC)CC2CCC2)c1Br. The lowest BCUT2D eigenvalue weighted by Gasteiger charge is -2.31. The standard InChI is InChI=1S/C15H26BrN3/c1-4-13-15(16)14(19(6-3)17-13)11-18(5-2)10-12-8-7-9-12/h12H,4-11H2,1-3H3. The van der Waals surface area contributed by atoms with E-state index in [-0.39, 0.29) is 0 Å². The molecule has 0 radical (unpaired) electrons. The average molecular weight is 328 g/mol. The Balaban J connectivity index is 2.08. The van der Waals surface area contributed by atoms with E-state index in [2.05, 4.69) is 46.3 Å². The highest BCUT2D eigenvalue weighted by Gasteiger charge is 2.22. The molecule has 0 aliphatic heterocycles. The molecular weight excluding hydrogens is 302 g/mol. The van der Waals surface area contributed by atoms with Crippen molar-refractivity contribution in [1.29, 1.82) is 0 Å². The third-order valence-corrected chi connectivity index (χ3v) is 5.17. The molecule has 108 valence electrons. The molecule has 1 fully saturated rings. The Morgan fingerprint density at radius 2 is 2.05 bits per heavy atom. The Morgan fingerprint density at radius 1 is 1.32 bits per heavy atom. The van der Waals surface area contributed by atoms with Crippen LogP contribution in [0.25, 0.3) is 0 Å². The summed E-state index contributed by atoms with van der Waals surface area (Å²) in [6.45, 7) is 11.0. The van der Waals surface area contributed by atoms with Gasteiger partial charge in [0.05, 0.1) is 15.9 Å². The van der Waals surface area contributed by atoms with Crippen molar-refractivity contribution in [2.24, 2.45) is 5.92 Å². The number of halogens is 1. The van der Waals surface area contributed by atoms with E-state index in [1.54, 1.807) is 0 Å². The molecule has 1 heterocycles. The van der Waals surface area contributed by atoms with Gasteiger partial charge in [-0.25, -0.2) is 0 Å². The second kappa shape index (κ2) is 6.89. The third-order valence-electron chi connectivity index (χ3n) is 4.26. The molecule has 0 spiro atoms. The van der Waals surface area contributed by atoms with Crippen molar-refractivity contribution < 1.29 is 0 Å². The summed E-state index contributed by atoms with van der Waals surface area (Å²) >= 11 is 3.75. The molecule has 0 saturated heterocycles. The van der Waals surface area contributed by atoms with Crippen LogP contribution in [0.15, 0.2) is 4.47 Å². The van der Waals surface area contributed by atoms with Crippen molar-refractivity contribution in [1.82, 2.24) is 14.7 Å². The van der Waals surface area contributed by atoms with Crippen LogP contribution in [-0.2, 0) is 19.5 Å². The Hall–Kier alpha value is -0.350. The lowest BCUT2D eigenvalue weighted by atomic mass is 9.85. The molecule has 1 aromatic heterocycles. The normalized spacial score (nSPS) is 16.1. The van der Waals surface area contributed by atoms with Crippen LogP contribution in [0.3, 0.4) is 0 Å². The number of hydrogen-bond acceptors (Lipinski definition) is 2. The van der Waals surface area contributed by atoms with Gasteiger partial charge in [-0.2, -0.15) is 5.10 Å². The Kier molecular flexibility index (Phi) is 5.46. The minimum Gasteiger partial charge on any atom is -0.297 e. The quantitative estimate of drug-likeness (QED) is 0.758. The first kappa shape index (κ1) is 15.0. The van der Waals surface area contributed by atoms with Crippen molar-refractivity contribution in [3.63, 3.8) is 0 Å². The van der Waals surface area contributed by atoms with E-state index in [0.717, 1.165) is 32.0 Å². The topological polar surface area (TPSA) is 21.1 Å². The highest BCUT2D eigenvalue weighted by Crippen LogP contribution is 2.29. The molecule has 4 heteroatoms. The van der Waals surface area contributed by atoms with Gasteiger partial charge in [-0.3, -0.25) is 9.58 Å². The fourth-order valence-corrected chi connectivity index (χ4v) is 3.42. The zero-order valence-corrected chi connectivity index (χ0v) is 14.0. The summed E-state index contributed by atoms with van der Waals surface area (Å²) in [6, 6.07) is 0. The van der Waals surface area contributed by atoms with Crippen molar-refractivity contribution in [3.8, 4) is 0 Å². The summed E-state index contributed by atoms with van der Waals surface area (Å²) in [6.07, 6.45) is 5.27. The fraction of sp³-hybridized carbons (Fsp3) is 0.800. The van der Waals surface area contributed by atoms with Gasteiger partial charge >= 0.3 is 0 Å². The largest absolute Gasteiger partial charge is 0.297 e. The van der Waals surface area contributed by atoms with Crippen LogP contribution in [0.2, 0.25) is 0 Å². The number of aryl methyl sites for hydroxylation is 2. The van der Waals surface area contributed by atoms with E-state index in [1.807, 2.05) is 0 Å². The monoisotopic (exact) mass is 327 g/mol. The van der Waals surface area contributed by atoms with Crippen LogP contribution in [-0.4, -0.2) is 27.8 Å². The first-order valence-corrected chi connectivity index (χ1v) is 8.45. The van der Waals surface area contributed by atoms with E-state index in [4.69, 9.17) is 5.10 Å². The van der Waals surface area contributed by atoms with Gasteiger partial charge in [0.25, 0.3) is 0 Å². The van der Waals surface area contributed by atoms with E-state index in [9.17, 15) is 0 Å². The van der Waals surface area contributed by atoms with Gasteiger partial charge in [-0.15, -0.1) is 0 Å². The van der Waals surface area contributed by atoms with Crippen LogP contribution < -0.4 is 0 Å². The summed E-state index contributed by atoms with van der Waals surface area (Å²) in [5, 5.41) is 4.69.